The van der Waals surface area contributed by atoms with Gasteiger partial charge in [-0.15, -0.1) is 0 Å². The van der Waals surface area contributed by atoms with Gasteiger partial charge in [-0.25, -0.2) is 0 Å². The quantitative estimate of drug-likeness (QED) is 0.776. The van der Waals surface area contributed by atoms with Crippen molar-refractivity contribution in [2.24, 2.45) is 0 Å². The summed E-state index contributed by atoms with van der Waals surface area (Å²) in [6.45, 7) is 7.29. The third-order valence-corrected chi connectivity index (χ3v) is 4.13. The molecular weight excluding hydrogens is 220 g/mol. The van der Waals surface area contributed by atoms with Crippen molar-refractivity contribution in [2.45, 2.75) is 57.5 Å². The lowest BCUT2D eigenvalue weighted by Gasteiger charge is -2.26. The Morgan fingerprint density at radius 2 is 2.19 bits per heavy atom. The third-order valence-electron chi connectivity index (χ3n) is 3.18. The fraction of sp³-hybridized carbons (Fsp3) is 0.917. The zero-order valence-corrected chi connectivity index (χ0v) is 11.6. The number of carbonyl (C=O) groups excluding carboxylic acids is 1. The summed E-state index contributed by atoms with van der Waals surface area (Å²) in [5.41, 5.74) is 0. The van der Waals surface area contributed by atoms with E-state index in [1.165, 1.54) is 0 Å². The van der Waals surface area contributed by atoms with Gasteiger partial charge in [-0.2, -0.15) is 11.8 Å². The van der Waals surface area contributed by atoms with Gasteiger partial charge >= 0.3 is 0 Å². The van der Waals surface area contributed by atoms with Crippen LogP contribution in [0.1, 0.15) is 40.0 Å². The molecule has 1 N–H and O–H groups in total. The minimum absolute atomic E-state index is 0.0469. The van der Waals surface area contributed by atoms with Crippen molar-refractivity contribution in [3.8, 4) is 0 Å². The number of carbonyl (C=O) groups is 1. The fourth-order valence-corrected chi connectivity index (χ4v) is 2.43. The van der Waals surface area contributed by atoms with Crippen molar-refractivity contribution in [2.75, 3.05) is 12.8 Å². The first-order chi connectivity index (χ1) is 7.63. The van der Waals surface area contributed by atoms with Crippen molar-refractivity contribution in [3.05, 3.63) is 0 Å². The molecule has 1 aliphatic heterocycles. The Balaban J connectivity index is 2.64. The van der Waals surface area contributed by atoms with E-state index in [-0.39, 0.29) is 12.2 Å². The Labute approximate surface area is 103 Å². The van der Waals surface area contributed by atoms with Crippen LogP contribution in [-0.4, -0.2) is 41.1 Å². The summed E-state index contributed by atoms with van der Waals surface area (Å²) >= 11 is 1.82. The Hall–Kier alpha value is -0.220. The zero-order valence-electron chi connectivity index (χ0n) is 10.8. The van der Waals surface area contributed by atoms with Crippen LogP contribution in [0.3, 0.4) is 0 Å². The van der Waals surface area contributed by atoms with Gasteiger partial charge in [0.25, 0.3) is 0 Å². The van der Waals surface area contributed by atoms with E-state index in [1.807, 2.05) is 16.7 Å². The van der Waals surface area contributed by atoms with Crippen LogP contribution in [0.5, 0.6) is 0 Å². The normalized spacial score (nSPS) is 27.5. The van der Waals surface area contributed by atoms with Gasteiger partial charge in [0.15, 0.2) is 0 Å². The van der Waals surface area contributed by atoms with Gasteiger partial charge < -0.3 is 4.90 Å². The number of rotatable bonds is 6. The first kappa shape index (κ1) is 13.8. The van der Waals surface area contributed by atoms with E-state index >= 15 is 0 Å². The predicted molar refractivity (Wildman–Crippen MR) is 70.6 cm³/mol. The minimum atomic E-state index is 0.0469. The second kappa shape index (κ2) is 6.50. The molecule has 0 aromatic heterocycles. The van der Waals surface area contributed by atoms with E-state index in [0.29, 0.717) is 11.2 Å². The van der Waals surface area contributed by atoms with Gasteiger partial charge in [0.2, 0.25) is 5.91 Å². The molecule has 1 fully saturated rings. The van der Waals surface area contributed by atoms with Crippen LogP contribution in [-0.2, 0) is 4.79 Å². The van der Waals surface area contributed by atoms with Gasteiger partial charge in [0.05, 0.1) is 12.2 Å². The molecule has 1 aliphatic rings. The van der Waals surface area contributed by atoms with E-state index in [9.17, 15) is 4.79 Å². The highest BCUT2D eigenvalue weighted by Gasteiger charge is 2.37. The van der Waals surface area contributed by atoms with Crippen molar-refractivity contribution < 1.29 is 4.79 Å². The van der Waals surface area contributed by atoms with Crippen LogP contribution in [0.25, 0.3) is 0 Å². The Bertz CT molecular complexity index is 235. The summed E-state index contributed by atoms with van der Waals surface area (Å²) in [5, 5.41) is 3.95. The van der Waals surface area contributed by atoms with Crippen molar-refractivity contribution in [1.82, 2.24) is 10.2 Å². The highest BCUT2D eigenvalue weighted by Crippen LogP contribution is 2.19. The van der Waals surface area contributed by atoms with Crippen LogP contribution in [0, 0.1) is 0 Å². The number of amides is 1. The molecule has 16 heavy (non-hydrogen) atoms. The van der Waals surface area contributed by atoms with E-state index in [0.717, 1.165) is 25.8 Å². The van der Waals surface area contributed by atoms with Gasteiger partial charge in [-0.1, -0.05) is 27.2 Å². The first-order valence-electron chi connectivity index (χ1n) is 6.23. The number of thioether (sulfide) groups is 1. The molecule has 0 spiro atoms. The number of nitrogens with one attached hydrogen (secondary N) is 1. The molecule has 0 radical (unpaired) electrons. The molecule has 0 saturated carbocycles. The van der Waals surface area contributed by atoms with Crippen LogP contribution in [0.4, 0.5) is 0 Å². The molecule has 0 aliphatic carbocycles. The van der Waals surface area contributed by atoms with E-state index in [4.69, 9.17) is 0 Å². The zero-order chi connectivity index (χ0) is 12.1. The summed E-state index contributed by atoms with van der Waals surface area (Å²) in [6, 6.07) is 0.0469. The molecule has 0 bridgehead atoms. The molecule has 1 saturated heterocycles. The van der Waals surface area contributed by atoms with E-state index < -0.39 is 0 Å². The predicted octanol–water partition coefficient (Wildman–Crippen LogP) is 2.07. The molecule has 0 aromatic carbocycles. The lowest BCUT2D eigenvalue weighted by Crippen LogP contribution is -2.40. The minimum Gasteiger partial charge on any atom is -0.325 e. The van der Waals surface area contributed by atoms with Gasteiger partial charge in [-0.3, -0.25) is 10.1 Å². The average Bonchev–Trinajstić information content (AvgIpc) is 2.57. The average molecular weight is 244 g/mol. The summed E-state index contributed by atoms with van der Waals surface area (Å²) < 4.78 is 0. The Morgan fingerprint density at radius 3 is 2.69 bits per heavy atom. The molecule has 1 heterocycles. The van der Waals surface area contributed by atoms with Gasteiger partial charge in [0, 0.05) is 11.8 Å². The van der Waals surface area contributed by atoms with Crippen molar-refractivity contribution in [3.63, 3.8) is 0 Å². The molecule has 3 nitrogen and oxygen atoms in total. The first-order valence-corrected chi connectivity index (χ1v) is 7.52. The third kappa shape index (κ3) is 3.14. The molecule has 94 valence electrons. The highest BCUT2D eigenvalue weighted by atomic mass is 32.2. The monoisotopic (exact) mass is 244 g/mol. The molecular formula is C12H24N2OS. The smallest absolute Gasteiger partial charge is 0.241 e. The number of hydrogen-bond donors (Lipinski definition) is 1. The van der Waals surface area contributed by atoms with E-state index in [2.05, 4.69) is 32.3 Å². The summed E-state index contributed by atoms with van der Waals surface area (Å²) in [4.78, 5) is 14.2. The van der Waals surface area contributed by atoms with Gasteiger partial charge in [-0.05, 0) is 19.1 Å². The maximum Gasteiger partial charge on any atom is 0.241 e. The Kier molecular flexibility index (Phi) is 5.62. The van der Waals surface area contributed by atoms with Crippen LogP contribution < -0.4 is 5.32 Å². The topological polar surface area (TPSA) is 32.3 Å². The molecule has 1 rings (SSSR count). The second-order valence-corrected chi connectivity index (χ2v) is 5.75. The van der Waals surface area contributed by atoms with Crippen LogP contribution >= 0.6 is 11.8 Å². The molecule has 4 heteroatoms. The maximum absolute atomic E-state index is 12.1. The molecule has 3 atom stereocenters. The van der Waals surface area contributed by atoms with E-state index in [1.54, 1.807) is 0 Å². The molecule has 3 unspecified atom stereocenters. The summed E-state index contributed by atoms with van der Waals surface area (Å²) in [7, 11) is 0. The largest absolute Gasteiger partial charge is 0.325 e. The fourth-order valence-electron chi connectivity index (χ4n) is 2.12. The molecule has 0 aromatic rings. The van der Waals surface area contributed by atoms with Crippen LogP contribution in [0.2, 0.25) is 0 Å². The summed E-state index contributed by atoms with van der Waals surface area (Å²) in [5.74, 6) is 0.293. The number of hydrogen-bond acceptors (Lipinski definition) is 3. The van der Waals surface area contributed by atoms with Crippen molar-refractivity contribution >= 4 is 17.7 Å². The SMILES string of the molecule is CCCC1NC(CC)C(=O)N1CC(C)SC. The lowest BCUT2D eigenvalue weighted by atomic mass is 10.2. The second-order valence-electron chi connectivity index (χ2n) is 4.47. The van der Waals surface area contributed by atoms with Gasteiger partial charge in [0.1, 0.15) is 0 Å². The maximum atomic E-state index is 12.1. The van der Waals surface area contributed by atoms with Crippen LogP contribution in [0.15, 0.2) is 0 Å². The van der Waals surface area contributed by atoms with Crippen molar-refractivity contribution in [1.29, 1.82) is 0 Å². The lowest BCUT2D eigenvalue weighted by molar-refractivity contribution is -0.130. The highest BCUT2D eigenvalue weighted by molar-refractivity contribution is 7.99. The Morgan fingerprint density at radius 1 is 1.50 bits per heavy atom. The molecule has 1 amide bonds. The number of nitrogens with zero attached hydrogens (tertiary/aromatic N) is 1. The standard InChI is InChI=1S/C12H24N2OS/c1-5-7-11-13-10(6-2)12(15)14(11)8-9(3)16-4/h9-11,13H,5-8H2,1-4H3. The summed E-state index contributed by atoms with van der Waals surface area (Å²) in [6.07, 6.45) is 5.43.